The Balaban J connectivity index is 2.26. The van der Waals surface area contributed by atoms with Crippen LogP contribution in [0.2, 0.25) is 5.02 Å². The molecule has 0 radical (unpaired) electrons. The summed E-state index contributed by atoms with van der Waals surface area (Å²) in [4.78, 5) is 3.21. The lowest BCUT2D eigenvalue weighted by Crippen LogP contribution is -1.95. The standard InChI is InChI=1S/C14H10ClIN2OS/c1-19-13-5-3-9(7-10(13)15)18-12-4-2-8(16)6-11(12)17-14(18)20/h2-7H,1H3,(H,17,20). The van der Waals surface area contributed by atoms with Crippen molar-refractivity contribution in [1.82, 2.24) is 9.55 Å². The van der Waals surface area contributed by atoms with E-state index < -0.39 is 0 Å². The fraction of sp³-hybridized carbons (Fsp3) is 0.0714. The number of nitrogens with zero attached hydrogens (tertiary/aromatic N) is 1. The molecule has 1 heterocycles. The number of aromatic amines is 1. The molecule has 0 aliphatic carbocycles. The van der Waals surface area contributed by atoms with Crippen LogP contribution in [0.25, 0.3) is 16.7 Å². The molecule has 20 heavy (non-hydrogen) atoms. The molecule has 6 heteroatoms. The van der Waals surface area contributed by atoms with Crippen LogP contribution >= 0.6 is 46.4 Å². The van der Waals surface area contributed by atoms with Crippen molar-refractivity contribution in [3.05, 3.63) is 49.8 Å². The Morgan fingerprint density at radius 1 is 1.25 bits per heavy atom. The number of rotatable bonds is 2. The molecule has 0 aliphatic rings. The summed E-state index contributed by atoms with van der Waals surface area (Å²) >= 11 is 13.9. The van der Waals surface area contributed by atoms with Crippen LogP contribution in [0.1, 0.15) is 0 Å². The summed E-state index contributed by atoms with van der Waals surface area (Å²) in [6, 6.07) is 11.8. The average Bonchev–Trinajstić information content (AvgIpc) is 2.73. The van der Waals surface area contributed by atoms with Crippen molar-refractivity contribution in [3.8, 4) is 11.4 Å². The summed E-state index contributed by atoms with van der Waals surface area (Å²) in [5, 5.41) is 0.562. The second-order valence-electron chi connectivity index (χ2n) is 4.25. The molecule has 0 spiro atoms. The first-order valence-corrected chi connectivity index (χ1v) is 7.71. The van der Waals surface area contributed by atoms with Gasteiger partial charge in [-0.25, -0.2) is 0 Å². The highest BCUT2D eigenvalue weighted by atomic mass is 127. The van der Waals surface area contributed by atoms with Crippen molar-refractivity contribution < 1.29 is 4.74 Å². The maximum atomic E-state index is 6.19. The van der Waals surface area contributed by atoms with Gasteiger partial charge in [-0.2, -0.15) is 0 Å². The number of methoxy groups -OCH3 is 1. The van der Waals surface area contributed by atoms with Gasteiger partial charge in [0.1, 0.15) is 5.75 Å². The van der Waals surface area contributed by atoms with Crippen LogP contribution in [-0.4, -0.2) is 16.7 Å². The van der Waals surface area contributed by atoms with E-state index in [0.717, 1.165) is 20.3 Å². The van der Waals surface area contributed by atoms with Gasteiger partial charge in [0.05, 0.1) is 28.9 Å². The van der Waals surface area contributed by atoms with Crippen LogP contribution < -0.4 is 4.74 Å². The number of hydrogen-bond donors (Lipinski definition) is 1. The zero-order valence-corrected chi connectivity index (χ0v) is 14.2. The maximum Gasteiger partial charge on any atom is 0.182 e. The predicted molar refractivity (Wildman–Crippen MR) is 92.7 cm³/mol. The molecule has 2 aromatic carbocycles. The SMILES string of the molecule is COc1ccc(-n2c(=S)[nH]c3cc(I)ccc32)cc1Cl. The minimum absolute atomic E-state index is 0.562. The number of fused-ring (bicyclic) bond motifs is 1. The van der Waals surface area contributed by atoms with Gasteiger partial charge < -0.3 is 9.72 Å². The van der Waals surface area contributed by atoms with E-state index in [1.165, 1.54) is 0 Å². The summed E-state index contributed by atoms with van der Waals surface area (Å²) in [5.74, 6) is 0.649. The third kappa shape index (κ3) is 2.34. The number of imidazole rings is 1. The monoisotopic (exact) mass is 416 g/mol. The highest BCUT2D eigenvalue weighted by Gasteiger charge is 2.09. The normalized spacial score (nSPS) is 10.9. The van der Waals surface area contributed by atoms with Crippen LogP contribution in [0, 0.1) is 8.34 Å². The van der Waals surface area contributed by atoms with E-state index in [4.69, 9.17) is 28.6 Å². The minimum Gasteiger partial charge on any atom is -0.495 e. The molecule has 102 valence electrons. The lowest BCUT2D eigenvalue weighted by atomic mass is 10.2. The second-order valence-corrected chi connectivity index (χ2v) is 6.29. The van der Waals surface area contributed by atoms with E-state index in [9.17, 15) is 0 Å². The highest BCUT2D eigenvalue weighted by Crippen LogP contribution is 2.29. The molecular weight excluding hydrogens is 407 g/mol. The first-order valence-electron chi connectivity index (χ1n) is 5.84. The Morgan fingerprint density at radius 3 is 2.75 bits per heavy atom. The quantitative estimate of drug-likeness (QED) is 0.473. The lowest BCUT2D eigenvalue weighted by molar-refractivity contribution is 0.415. The fourth-order valence-corrected chi connectivity index (χ4v) is 3.19. The molecule has 0 saturated heterocycles. The van der Waals surface area contributed by atoms with E-state index in [1.807, 2.05) is 34.9 Å². The number of aromatic nitrogens is 2. The van der Waals surface area contributed by atoms with E-state index in [-0.39, 0.29) is 0 Å². The van der Waals surface area contributed by atoms with Crippen molar-refractivity contribution in [2.24, 2.45) is 0 Å². The minimum atomic E-state index is 0.562. The zero-order valence-electron chi connectivity index (χ0n) is 10.5. The largest absolute Gasteiger partial charge is 0.495 e. The van der Waals surface area contributed by atoms with E-state index in [1.54, 1.807) is 7.11 Å². The number of hydrogen-bond acceptors (Lipinski definition) is 2. The third-order valence-electron chi connectivity index (χ3n) is 3.04. The first-order chi connectivity index (χ1) is 9.60. The topological polar surface area (TPSA) is 29.9 Å². The molecule has 1 aromatic heterocycles. The molecule has 3 aromatic rings. The van der Waals surface area contributed by atoms with Gasteiger partial charge in [0.2, 0.25) is 0 Å². The van der Waals surface area contributed by atoms with Crippen LogP contribution in [0.5, 0.6) is 5.75 Å². The molecule has 0 unspecified atom stereocenters. The second kappa shape index (κ2) is 5.38. The number of halogens is 2. The molecule has 3 rings (SSSR count). The Labute approximate surface area is 139 Å². The molecule has 0 fully saturated rings. The van der Waals surface area contributed by atoms with Crippen molar-refractivity contribution in [3.63, 3.8) is 0 Å². The van der Waals surface area contributed by atoms with Gasteiger partial charge in [0.15, 0.2) is 4.77 Å². The van der Waals surface area contributed by atoms with Gasteiger partial charge in [-0.1, -0.05) is 11.6 Å². The number of nitrogens with one attached hydrogen (secondary N) is 1. The van der Waals surface area contributed by atoms with Crippen LogP contribution in [0.4, 0.5) is 0 Å². The van der Waals surface area contributed by atoms with Gasteiger partial charge in [-0.3, -0.25) is 4.57 Å². The van der Waals surface area contributed by atoms with Crippen molar-refractivity contribution in [2.45, 2.75) is 0 Å². The average molecular weight is 417 g/mol. The Bertz CT molecular complexity index is 856. The molecule has 3 nitrogen and oxygen atoms in total. The molecule has 0 atom stereocenters. The number of H-pyrrole nitrogens is 1. The molecule has 0 saturated carbocycles. The molecule has 0 aliphatic heterocycles. The van der Waals surface area contributed by atoms with Crippen molar-refractivity contribution in [2.75, 3.05) is 7.11 Å². The molecule has 0 amide bonds. The van der Waals surface area contributed by atoms with Crippen LogP contribution in [-0.2, 0) is 0 Å². The fourth-order valence-electron chi connectivity index (χ4n) is 2.13. The molecular formula is C14H10ClIN2OS. The Morgan fingerprint density at radius 2 is 2.05 bits per heavy atom. The van der Waals surface area contributed by atoms with Gasteiger partial charge in [0.25, 0.3) is 0 Å². The number of benzene rings is 2. The summed E-state index contributed by atoms with van der Waals surface area (Å²) in [7, 11) is 1.60. The summed E-state index contributed by atoms with van der Waals surface area (Å²) in [5.41, 5.74) is 2.94. The summed E-state index contributed by atoms with van der Waals surface area (Å²) in [6.45, 7) is 0. The van der Waals surface area contributed by atoms with Crippen LogP contribution in [0.3, 0.4) is 0 Å². The maximum absolute atomic E-state index is 6.19. The molecule has 1 N–H and O–H groups in total. The van der Waals surface area contributed by atoms with Crippen molar-refractivity contribution in [1.29, 1.82) is 0 Å². The Hall–Kier alpha value is -1.05. The first kappa shape index (κ1) is 13.9. The number of ether oxygens (including phenoxy) is 1. The lowest BCUT2D eigenvalue weighted by Gasteiger charge is -2.08. The Kier molecular flexibility index (Phi) is 3.74. The smallest absolute Gasteiger partial charge is 0.182 e. The van der Waals surface area contributed by atoms with Crippen molar-refractivity contribution >= 4 is 57.4 Å². The van der Waals surface area contributed by atoms with E-state index in [0.29, 0.717) is 15.5 Å². The van der Waals surface area contributed by atoms with Crippen LogP contribution in [0.15, 0.2) is 36.4 Å². The van der Waals surface area contributed by atoms with Gasteiger partial charge in [-0.15, -0.1) is 0 Å². The predicted octanol–water partition coefficient (Wildman–Crippen LogP) is 4.95. The van der Waals surface area contributed by atoms with E-state index in [2.05, 4.69) is 33.6 Å². The van der Waals surface area contributed by atoms with Gasteiger partial charge >= 0.3 is 0 Å². The van der Waals surface area contributed by atoms with Gasteiger partial charge in [0, 0.05) is 3.57 Å². The third-order valence-corrected chi connectivity index (χ3v) is 4.29. The summed E-state index contributed by atoms with van der Waals surface area (Å²) in [6.07, 6.45) is 0. The molecule has 0 bridgehead atoms. The highest BCUT2D eigenvalue weighted by molar-refractivity contribution is 14.1. The summed E-state index contributed by atoms with van der Waals surface area (Å²) < 4.78 is 8.94. The van der Waals surface area contributed by atoms with E-state index >= 15 is 0 Å². The van der Waals surface area contributed by atoms with Gasteiger partial charge in [-0.05, 0) is 71.2 Å². The zero-order chi connectivity index (χ0) is 14.3.